The highest BCUT2D eigenvalue weighted by atomic mass is 14.5. The topological polar surface area (TPSA) is 0 Å². The Morgan fingerprint density at radius 1 is 0.529 bits per heavy atom. The van der Waals surface area contributed by atoms with Crippen LogP contribution in [-0.4, -0.2) is 7.85 Å². The summed E-state index contributed by atoms with van der Waals surface area (Å²) in [5.74, 6) is 0. The lowest BCUT2D eigenvalue weighted by Gasteiger charge is -2.33. The molecule has 2 aliphatic carbocycles. The molecule has 0 radical (unpaired) electrons. The van der Waals surface area contributed by atoms with Gasteiger partial charge in [-0.25, -0.2) is 0 Å². The van der Waals surface area contributed by atoms with Crippen molar-refractivity contribution in [1.82, 2.24) is 0 Å². The zero-order valence-corrected chi connectivity index (χ0v) is 21.5. The lowest BCUT2D eigenvalue weighted by Crippen LogP contribution is -2.32. The summed E-state index contributed by atoms with van der Waals surface area (Å²) in [5, 5.41) is 0. The summed E-state index contributed by atoms with van der Waals surface area (Å²) in [6.45, 7) is 13.9. The summed E-state index contributed by atoms with van der Waals surface area (Å²) in [5.41, 5.74) is 15.4. The molecule has 0 aromatic heterocycles. The minimum absolute atomic E-state index is 0.0915. The van der Waals surface area contributed by atoms with Gasteiger partial charge in [0.2, 0.25) is 0 Å². The van der Waals surface area contributed by atoms with E-state index in [1.807, 2.05) is 0 Å². The van der Waals surface area contributed by atoms with E-state index in [4.69, 9.17) is 0 Å². The molecule has 0 nitrogen and oxygen atoms in total. The van der Waals surface area contributed by atoms with Gasteiger partial charge in [0.25, 0.3) is 0 Å². The molecule has 0 unspecified atom stereocenters. The maximum atomic E-state index is 2.52. The van der Waals surface area contributed by atoms with Crippen LogP contribution in [0.3, 0.4) is 0 Å². The maximum absolute atomic E-state index is 2.52. The minimum Gasteiger partial charge on any atom is -0.0836 e. The zero-order chi connectivity index (χ0) is 24.0. The highest BCUT2D eigenvalue weighted by Gasteiger charge is 2.52. The molecule has 0 saturated carbocycles. The van der Waals surface area contributed by atoms with Crippen LogP contribution in [0.2, 0.25) is 0 Å². The molecule has 2 aliphatic rings. The second kappa shape index (κ2) is 6.75. The number of hydrogen-bond donors (Lipinski definition) is 0. The van der Waals surface area contributed by atoms with Crippen LogP contribution in [-0.2, 0) is 16.2 Å². The third kappa shape index (κ3) is 2.67. The molecule has 168 valence electrons. The quantitative estimate of drug-likeness (QED) is 0.226. The van der Waals surface area contributed by atoms with Gasteiger partial charge < -0.3 is 0 Å². The van der Waals surface area contributed by atoms with Gasteiger partial charge in [-0.2, -0.15) is 0 Å². The molecule has 0 bridgehead atoms. The summed E-state index contributed by atoms with van der Waals surface area (Å²) >= 11 is 0. The van der Waals surface area contributed by atoms with E-state index in [9.17, 15) is 0 Å². The third-order valence-electron chi connectivity index (χ3n) is 8.14. The van der Waals surface area contributed by atoms with Crippen molar-refractivity contribution in [3.63, 3.8) is 0 Å². The molecule has 34 heavy (non-hydrogen) atoms. The Labute approximate surface area is 205 Å². The van der Waals surface area contributed by atoms with Crippen LogP contribution < -0.4 is 5.46 Å². The van der Waals surface area contributed by atoms with Crippen LogP contribution in [0.15, 0.2) is 78.9 Å². The first-order valence-corrected chi connectivity index (χ1v) is 12.5. The average Bonchev–Trinajstić information content (AvgIpc) is 3.25. The van der Waals surface area contributed by atoms with E-state index >= 15 is 0 Å². The van der Waals surface area contributed by atoms with Gasteiger partial charge in [-0.05, 0) is 66.5 Å². The lowest BCUT2D eigenvalue weighted by atomic mass is 9.66. The lowest BCUT2D eigenvalue weighted by molar-refractivity contribution is 0.586. The fourth-order valence-electron chi connectivity index (χ4n) is 6.39. The van der Waals surface area contributed by atoms with Crippen LogP contribution >= 0.6 is 0 Å². The molecule has 0 atom stereocenters. The summed E-state index contributed by atoms with van der Waals surface area (Å²) in [4.78, 5) is 0. The first-order valence-electron chi connectivity index (χ1n) is 12.5. The van der Waals surface area contributed by atoms with Crippen LogP contribution in [0.25, 0.3) is 22.3 Å². The molecule has 0 fully saturated rings. The molecule has 0 amide bonds. The Kier molecular flexibility index (Phi) is 4.27. The largest absolute Gasteiger partial charge is 0.139 e. The van der Waals surface area contributed by atoms with Gasteiger partial charge in [0.1, 0.15) is 7.85 Å². The van der Waals surface area contributed by atoms with E-state index in [1.165, 1.54) is 61.1 Å². The first kappa shape index (κ1) is 21.5. The summed E-state index contributed by atoms with van der Waals surface area (Å²) in [6.07, 6.45) is 0. The van der Waals surface area contributed by atoms with E-state index in [2.05, 4.69) is 128 Å². The van der Waals surface area contributed by atoms with Crippen molar-refractivity contribution in [3.8, 4) is 22.3 Å². The second-order valence-electron chi connectivity index (χ2n) is 12.3. The van der Waals surface area contributed by atoms with Crippen molar-refractivity contribution in [2.45, 2.75) is 57.8 Å². The van der Waals surface area contributed by atoms with E-state index < -0.39 is 0 Å². The normalized spacial score (nSPS) is 15.1. The number of fused-ring (bicyclic) bond motifs is 10. The van der Waals surface area contributed by atoms with Gasteiger partial charge in [0.15, 0.2) is 0 Å². The number of hydrogen-bond acceptors (Lipinski definition) is 0. The van der Waals surface area contributed by atoms with Gasteiger partial charge >= 0.3 is 0 Å². The van der Waals surface area contributed by atoms with Crippen molar-refractivity contribution in [3.05, 3.63) is 112 Å². The fourth-order valence-corrected chi connectivity index (χ4v) is 6.39. The highest BCUT2D eigenvalue weighted by Crippen LogP contribution is 2.62. The first-order chi connectivity index (χ1) is 16.0. The molecule has 0 heterocycles. The fraction of sp³-hybridized carbons (Fsp3) is 0.273. The summed E-state index contributed by atoms with van der Waals surface area (Å²) in [6, 6.07) is 30.5. The molecule has 4 aromatic rings. The molecular formula is C33H33B. The van der Waals surface area contributed by atoms with Crippen molar-refractivity contribution in [1.29, 1.82) is 0 Å². The van der Waals surface area contributed by atoms with Crippen molar-refractivity contribution < 1.29 is 0 Å². The predicted molar refractivity (Wildman–Crippen MR) is 148 cm³/mol. The Morgan fingerprint density at radius 3 is 1.59 bits per heavy atom. The Hall–Kier alpha value is -3.06. The summed E-state index contributed by atoms with van der Waals surface area (Å²) in [7, 11) is 2.30. The molecule has 0 aliphatic heterocycles. The van der Waals surface area contributed by atoms with Crippen molar-refractivity contribution >= 4 is 13.3 Å². The predicted octanol–water partition coefficient (Wildman–Crippen LogP) is 6.88. The highest BCUT2D eigenvalue weighted by molar-refractivity contribution is 6.34. The molecular weight excluding hydrogens is 407 g/mol. The summed E-state index contributed by atoms with van der Waals surface area (Å²) < 4.78 is 0. The van der Waals surface area contributed by atoms with Crippen molar-refractivity contribution in [2.24, 2.45) is 0 Å². The zero-order valence-electron chi connectivity index (χ0n) is 21.5. The Morgan fingerprint density at radius 2 is 1.03 bits per heavy atom. The maximum Gasteiger partial charge on any atom is 0.139 e. The van der Waals surface area contributed by atoms with E-state index in [0.717, 1.165) is 0 Å². The number of benzene rings is 4. The van der Waals surface area contributed by atoms with Crippen LogP contribution in [0.4, 0.5) is 0 Å². The van der Waals surface area contributed by atoms with Gasteiger partial charge in [0.05, 0.1) is 5.41 Å². The number of rotatable bonds is 0. The van der Waals surface area contributed by atoms with Gasteiger partial charge in [-0.3, -0.25) is 0 Å². The van der Waals surface area contributed by atoms with E-state index in [-0.39, 0.29) is 16.2 Å². The van der Waals surface area contributed by atoms with Gasteiger partial charge in [-0.1, -0.05) is 126 Å². The average molecular weight is 440 g/mol. The second-order valence-corrected chi connectivity index (χ2v) is 12.3. The molecule has 4 aromatic carbocycles. The van der Waals surface area contributed by atoms with Crippen molar-refractivity contribution in [2.75, 3.05) is 0 Å². The molecule has 1 spiro atoms. The van der Waals surface area contributed by atoms with E-state index in [0.29, 0.717) is 0 Å². The van der Waals surface area contributed by atoms with Crippen LogP contribution in [0.5, 0.6) is 0 Å². The standard InChI is InChI=1S/C33H33B/c1-31(2,3)20-14-16-23-24-17-15-21(32(4,5)6)19-28(24)33(27(23)18-20)26-12-8-7-10-22(26)25-11-9-13-29(34)30(25)33/h7-19H,34H2,1-6H3. The minimum atomic E-state index is -0.273. The molecule has 6 rings (SSSR count). The SMILES string of the molecule is Bc1cccc2c1C1(c3cc(C(C)(C)C)ccc3-c3ccc(C(C)(C)C)cc31)c1ccccc1-2. The molecule has 1 heteroatoms. The smallest absolute Gasteiger partial charge is 0.0836 e. The van der Waals surface area contributed by atoms with Crippen LogP contribution in [0.1, 0.15) is 74.9 Å². The van der Waals surface area contributed by atoms with Gasteiger partial charge in [-0.15, -0.1) is 0 Å². The van der Waals surface area contributed by atoms with E-state index in [1.54, 1.807) is 0 Å². The Balaban J connectivity index is 1.83. The Bertz CT molecular complexity index is 1410. The van der Waals surface area contributed by atoms with Crippen LogP contribution in [0, 0.1) is 0 Å². The molecule has 0 N–H and O–H groups in total. The third-order valence-corrected chi connectivity index (χ3v) is 8.14. The molecule has 0 saturated heterocycles. The monoisotopic (exact) mass is 440 g/mol. The van der Waals surface area contributed by atoms with Gasteiger partial charge in [0, 0.05) is 0 Å².